The van der Waals surface area contributed by atoms with Crippen LogP contribution in [0.5, 0.6) is 0 Å². The molecule has 1 aromatic heterocycles. The van der Waals surface area contributed by atoms with Crippen molar-refractivity contribution in [2.24, 2.45) is 5.92 Å². The molecule has 1 rings (SSSR count). The molecule has 0 bridgehead atoms. The molecule has 21 heavy (non-hydrogen) atoms. The lowest BCUT2D eigenvalue weighted by atomic mass is 10.0. The number of carbonyl (C=O) groups excluding carboxylic acids is 2. The SMILES string of the molecule is CC(C)CCC(C)NC(=O)CN(C)C(=O)c1ccc(Br)o1. The van der Waals surface area contributed by atoms with Crippen LogP contribution in [0.25, 0.3) is 0 Å². The lowest BCUT2D eigenvalue weighted by Crippen LogP contribution is -2.41. The highest BCUT2D eigenvalue weighted by Crippen LogP contribution is 2.15. The second-order valence-electron chi connectivity index (χ2n) is 5.70. The summed E-state index contributed by atoms with van der Waals surface area (Å²) in [5.74, 6) is 0.356. The summed E-state index contributed by atoms with van der Waals surface area (Å²) in [6, 6.07) is 3.34. The maximum absolute atomic E-state index is 12.0. The average molecular weight is 359 g/mol. The lowest BCUT2D eigenvalue weighted by molar-refractivity contribution is -0.122. The number of likely N-dealkylation sites (N-methyl/N-ethyl adjacent to an activating group) is 1. The highest BCUT2D eigenvalue weighted by Gasteiger charge is 2.18. The molecule has 1 N–H and O–H groups in total. The predicted molar refractivity (Wildman–Crippen MR) is 85.0 cm³/mol. The van der Waals surface area contributed by atoms with E-state index in [0.29, 0.717) is 10.6 Å². The van der Waals surface area contributed by atoms with Crippen LogP contribution in [0.3, 0.4) is 0 Å². The Bertz CT molecular complexity index is 485. The van der Waals surface area contributed by atoms with Gasteiger partial charge in [-0.1, -0.05) is 13.8 Å². The van der Waals surface area contributed by atoms with Gasteiger partial charge in [0.2, 0.25) is 5.91 Å². The maximum atomic E-state index is 12.0. The van der Waals surface area contributed by atoms with E-state index in [-0.39, 0.29) is 30.2 Å². The Balaban J connectivity index is 2.41. The topological polar surface area (TPSA) is 62.6 Å². The van der Waals surface area contributed by atoms with Gasteiger partial charge < -0.3 is 14.6 Å². The van der Waals surface area contributed by atoms with Crippen LogP contribution in [0.2, 0.25) is 0 Å². The van der Waals surface area contributed by atoms with E-state index in [4.69, 9.17) is 4.42 Å². The first-order valence-corrected chi connectivity index (χ1v) is 7.89. The summed E-state index contributed by atoms with van der Waals surface area (Å²) in [4.78, 5) is 25.3. The van der Waals surface area contributed by atoms with E-state index in [0.717, 1.165) is 12.8 Å². The fourth-order valence-electron chi connectivity index (χ4n) is 1.88. The van der Waals surface area contributed by atoms with Crippen LogP contribution in [0, 0.1) is 5.92 Å². The fraction of sp³-hybridized carbons (Fsp3) is 0.600. The van der Waals surface area contributed by atoms with Crippen molar-refractivity contribution in [3.05, 3.63) is 22.6 Å². The van der Waals surface area contributed by atoms with Gasteiger partial charge in [0.1, 0.15) is 0 Å². The van der Waals surface area contributed by atoms with Crippen LogP contribution in [-0.4, -0.2) is 36.3 Å². The second kappa shape index (κ2) is 8.22. The fourth-order valence-corrected chi connectivity index (χ4v) is 2.19. The quantitative estimate of drug-likeness (QED) is 0.814. The summed E-state index contributed by atoms with van der Waals surface area (Å²) < 4.78 is 5.68. The molecule has 5 nitrogen and oxygen atoms in total. The zero-order valence-electron chi connectivity index (χ0n) is 13.0. The van der Waals surface area contributed by atoms with Crippen molar-refractivity contribution in [1.82, 2.24) is 10.2 Å². The van der Waals surface area contributed by atoms with Crippen LogP contribution < -0.4 is 5.32 Å². The van der Waals surface area contributed by atoms with E-state index in [1.54, 1.807) is 19.2 Å². The highest BCUT2D eigenvalue weighted by molar-refractivity contribution is 9.10. The minimum absolute atomic E-state index is 0.0170. The Morgan fingerprint density at radius 3 is 2.48 bits per heavy atom. The first-order valence-electron chi connectivity index (χ1n) is 7.09. The molecule has 1 aromatic rings. The molecule has 0 spiro atoms. The van der Waals surface area contributed by atoms with Gasteiger partial charge in [-0.2, -0.15) is 0 Å². The zero-order chi connectivity index (χ0) is 16.0. The summed E-state index contributed by atoms with van der Waals surface area (Å²) >= 11 is 3.15. The summed E-state index contributed by atoms with van der Waals surface area (Å²) in [5.41, 5.74) is 0. The lowest BCUT2D eigenvalue weighted by Gasteiger charge is -2.19. The van der Waals surface area contributed by atoms with Gasteiger partial charge in [-0.25, -0.2) is 0 Å². The van der Waals surface area contributed by atoms with Crippen molar-refractivity contribution in [1.29, 1.82) is 0 Å². The standard InChI is InChI=1S/C15H23BrN2O3/c1-10(2)5-6-11(3)17-14(19)9-18(4)15(20)12-7-8-13(16)21-12/h7-8,10-11H,5-6,9H2,1-4H3,(H,17,19). The van der Waals surface area contributed by atoms with Gasteiger partial charge in [-0.05, 0) is 53.7 Å². The molecule has 0 aliphatic rings. The Morgan fingerprint density at radius 1 is 1.29 bits per heavy atom. The second-order valence-corrected chi connectivity index (χ2v) is 6.49. The number of hydrogen-bond acceptors (Lipinski definition) is 3. The molecule has 2 amide bonds. The van der Waals surface area contributed by atoms with E-state index >= 15 is 0 Å². The number of carbonyl (C=O) groups is 2. The first-order chi connectivity index (χ1) is 9.79. The third kappa shape index (κ3) is 6.33. The van der Waals surface area contributed by atoms with E-state index in [2.05, 4.69) is 35.1 Å². The molecule has 0 saturated heterocycles. The Kier molecular flexibility index (Phi) is 6.95. The zero-order valence-corrected chi connectivity index (χ0v) is 14.6. The van der Waals surface area contributed by atoms with Crippen LogP contribution in [0.1, 0.15) is 44.2 Å². The van der Waals surface area contributed by atoms with Crippen molar-refractivity contribution in [2.75, 3.05) is 13.6 Å². The van der Waals surface area contributed by atoms with E-state index in [9.17, 15) is 9.59 Å². The van der Waals surface area contributed by atoms with Crippen LogP contribution in [0.15, 0.2) is 21.2 Å². The molecule has 1 heterocycles. The number of halogens is 1. The van der Waals surface area contributed by atoms with E-state index in [1.165, 1.54) is 4.90 Å². The van der Waals surface area contributed by atoms with Gasteiger partial charge in [-0.3, -0.25) is 9.59 Å². The molecule has 0 saturated carbocycles. The average Bonchev–Trinajstić information content (AvgIpc) is 2.81. The van der Waals surface area contributed by atoms with Crippen LogP contribution in [0.4, 0.5) is 0 Å². The molecule has 0 fully saturated rings. The minimum Gasteiger partial charge on any atom is -0.444 e. The number of rotatable bonds is 7. The number of nitrogens with zero attached hydrogens (tertiary/aromatic N) is 1. The summed E-state index contributed by atoms with van der Waals surface area (Å²) in [6.07, 6.45) is 2.00. The molecular formula is C15H23BrN2O3. The number of furan rings is 1. The van der Waals surface area contributed by atoms with E-state index < -0.39 is 0 Å². The van der Waals surface area contributed by atoms with Crippen molar-refractivity contribution >= 4 is 27.7 Å². The molecular weight excluding hydrogens is 336 g/mol. The van der Waals surface area contributed by atoms with Crippen LogP contribution in [-0.2, 0) is 4.79 Å². The normalized spacial score (nSPS) is 12.3. The predicted octanol–water partition coefficient (Wildman–Crippen LogP) is 3.06. The highest BCUT2D eigenvalue weighted by atomic mass is 79.9. The van der Waals surface area contributed by atoms with Crippen molar-refractivity contribution in [3.8, 4) is 0 Å². The molecule has 1 unspecified atom stereocenters. The van der Waals surface area contributed by atoms with Crippen molar-refractivity contribution < 1.29 is 14.0 Å². The van der Waals surface area contributed by atoms with E-state index in [1.807, 2.05) is 6.92 Å². The largest absolute Gasteiger partial charge is 0.444 e. The van der Waals surface area contributed by atoms with Gasteiger partial charge in [0.05, 0.1) is 6.54 Å². The van der Waals surface area contributed by atoms with Crippen LogP contribution >= 0.6 is 15.9 Å². The Hall–Kier alpha value is -1.30. The smallest absolute Gasteiger partial charge is 0.289 e. The van der Waals surface area contributed by atoms with Gasteiger partial charge in [-0.15, -0.1) is 0 Å². The third-order valence-electron chi connectivity index (χ3n) is 3.10. The molecule has 0 aliphatic heterocycles. The van der Waals surface area contributed by atoms with Gasteiger partial charge >= 0.3 is 0 Å². The molecule has 118 valence electrons. The third-order valence-corrected chi connectivity index (χ3v) is 3.52. The molecule has 0 radical (unpaired) electrons. The maximum Gasteiger partial charge on any atom is 0.289 e. The molecule has 0 aliphatic carbocycles. The molecule has 0 aromatic carbocycles. The summed E-state index contributed by atoms with van der Waals surface area (Å²) in [7, 11) is 1.58. The minimum atomic E-state index is -0.314. The molecule has 1 atom stereocenters. The van der Waals surface area contributed by atoms with Crippen molar-refractivity contribution in [2.45, 2.75) is 39.7 Å². The number of nitrogens with one attached hydrogen (secondary N) is 1. The summed E-state index contributed by atoms with van der Waals surface area (Å²) in [5, 5.41) is 2.90. The Labute approximate surface area is 134 Å². The monoisotopic (exact) mass is 358 g/mol. The van der Waals surface area contributed by atoms with Gasteiger partial charge in [0.15, 0.2) is 10.4 Å². The summed E-state index contributed by atoms with van der Waals surface area (Å²) in [6.45, 7) is 6.31. The van der Waals surface area contributed by atoms with Crippen molar-refractivity contribution in [3.63, 3.8) is 0 Å². The van der Waals surface area contributed by atoms with Gasteiger partial charge in [0.25, 0.3) is 5.91 Å². The first kappa shape index (κ1) is 17.8. The number of hydrogen-bond donors (Lipinski definition) is 1. The number of amides is 2. The van der Waals surface area contributed by atoms with Gasteiger partial charge in [0, 0.05) is 13.1 Å². The Morgan fingerprint density at radius 2 is 1.95 bits per heavy atom. The molecule has 6 heteroatoms.